The smallest absolute Gasteiger partial charge is 0.133 e. The van der Waals surface area contributed by atoms with Crippen LogP contribution in [-0.2, 0) is 0 Å². The largest absolute Gasteiger partial charge is 0.496 e. The van der Waals surface area contributed by atoms with Gasteiger partial charge in [-0.3, -0.25) is 0 Å². The zero-order chi connectivity index (χ0) is 12.3. The molecule has 0 saturated carbocycles. The number of hydrogen-bond acceptors (Lipinski definition) is 3. The lowest BCUT2D eigenvalue weighted by Crippen LogP contribution is -2.42. The summed E-state index contributed by atoms with van der Waals surface area (Å²) in [5.74, 6) is 0.845. The molecule has 0 spiro atoms. The van der Waals surface area contributed by atoms with Crippen molar-refractivity contribution in [2.75, 3.05) is 13.7 Å². The lowest BCUT2D eigenvalue weighted by molar-refractivity contribution is 0.353. The van der Waals surface area contributed by atoms with Crippen molar-refractivity contribution in [1.29, 1.82) is 0 Å². The molecule has 0 amide bonds. The van der Waals surface area contributed by atoms with E-state index in [1.807, 2.05) is 12.1 Å². The molecule has 0 aromatic heterocycles. The van der Waals surface area contributed by atoms with Crippen LogP contribution in [-0.4, -0.2) is 19.7 Å². The van der Waals surface area contributed by atoms with E-state index in [9.17, 15) is 0 Å². The van der Waals surface area contributed by atoms with Crippen molar-refractivity contribution in [2.24, 2.45) is 5.73 Å². The highest BCUT2D eigenvalue weighted by molar-refractivity contribution is 9.10. The molecule has 4 heteroatoms. The predicted octanol–water partition coefficient (Wildman–Crippen LogP) is 2.60. The summed E-state index contributed by atoms with van der Waals surface area (Å²) in [5, 5.41) is 3.49. The van der Waals surface area contributed by atoms with Gasteiger partial charge in [-0.1, -0.05) is 12.5 Å². The van der Waals surface area contributed by atoms with Crippen molar-refractivity contribution in [3.05, 3.63) is 28.2 Å². The third-order valence-electron chi connectivity index (χ3n) is 3.34. The van der Waals surface area contributed by atoms with Crippen LogP contribution in [0, 0.1) is 0 Å². The molecule has 1 aromatic carbocycles. The Morgan fingerprint density at radius 1 is 1.47 bits per heavy atom. The molecule has 1 aliphatic rings. The third-order valence-corrected chi connectivity index (χ3v) is 3.96. The average molecular weight is 299 g/mol. The fourth-order valence-corrected chi connectivity index (χ4v) is 2.87. The minimum absolute atomic E-state index is 0.0532. The monoisotopic (exact) mass is 298 g/mol. The zero-order valence-corrected chi connectivity index (χ0v) is 11.7. The minimum Gasteiger partial charge on any atom is -0.496 e. The van der Waals surface area contributed by atoms with E-state index < -0.39 is 0 Å². The highest BCUT2D eigenvalue weighted by Gasteiger charge is 2.21. The first-order valence-corrected chi connectivity index (χ1v) is 6.84. The Labute approximate surface area is 111 Å². The Bertz CT molecular complexity index is 378. The summed E-state index contributed by atoms with van der Waals surface area (Å²) in [6.45, 7) is 1.08. The third kappa shape index (κ3) is 3.00. The zero-order valence-electron chi connectivity index (χ0n) is 10.1. The minimum atomic E-state index is 0.0532. The topological polar surface area (TPSA) is 47.3 Å². The summed E-state index contributed by atoms with van der Waals surface area (Å²) < 4.78 is 6.18. The maximum atomic E-state index is 6.31. The Morgan fingerprint density at radius 3 is 2.88 bits per heavy atom. The summed E-state index contributed by atoms with van der Waals surface area (Å²) in [7, 11) is 1.67. The Kier molecular flexibility index (Phi) is 4.42. The molecular weight excluding hydrogens is 280 g/mol. The molecular formula is C13H19BrN2O. The summed E-state index contributed by atoms with van der Waals surface area (Å²) in [6.07, 6.45) is 3.68. The molecule has 1 aliphatic heterocycles. The molecule has 94 valence electrons. The molecule has 3 nitrogen and oxygen atoms in total. The normalized spacial score (nSPS) is 22.2. The van der Waals surface area contributed by atoms with E-state index in [0.29, 0.717) is 6.04 Å². The number of rotatable bonds is 3. The van der Waals surface area contributed by atoms with Crippen LogP contribution in [0.1, 0.15) is 30.9 Å². The molecule has 17 heavy (non-hydrogen) atoms. The fourth-order valence-electron chi connectivity index (χ4n) is 2.31. The van der Waals surface area contributed by atoms with Crippen LogP contribution in [0.5, 0.6) is 5.75 Å². The van der Waals surface area contributed by atoms with Crippen molar-refractivity contribution in [3.63, 3.8) is 0 Å². The number of nitrogens with one attached hydrogen (secondary N) is 1. The summed E-state index contributed by atoms with van der Waals surface area (Å²) in [5.41, 5.74) is 7.46. The average Bonchev–Trinajstić information content (AvgIpc) is 2.39. The van der Waals surface area contributed by atoms with E-state index in [1.165, 1.54) is 12.8 Å². The summed E-state index contributed by atoms with van der Waals surface area (Å²) in [6, 6.07) is 6.51. The molecule has 1 fully saturated rings. The van der Waals surface area contributed by atoms with Crippen molar-refractivity contribution < 1.29 is 4.74 Å². The lowest BCUT2D eigenvalue weighted by Gasteiger charge is -2.29. The maximum Gasteiger partial charge on any atom is 0.133 e. The first-order valence-electron chi connectivity index (χ1n) is 6.05. The van der Waals surface area contributed by atoms with Crippen molar-refractivity contribution in [1.82, 2.24) is 5.32 Å². The predicted molar refractivity (Wildman–Crippen MR) is 73.3 cm³/mol. The second-order valence-corrected chi connectivity index (χ2v) is 5.33. The van der Waals surface area contributed by atoms with Gasteiger partial charge in [-0.25, -0.2) is 0 Å². The molecule has 1 aromatic rings. The molecule has 2 rings (SSSR count). The highest BCUT2D eigenvalue weighted by atomic mass is 79.9. The SMILES string of the molecule is COc1ccc(C(N)C2CCCCN2)cc1Br. The molecule has 1 heterocycles. The van der Waals surface area contributed by atoms with Crippen molar-refractivity contribution >= 4 is 15.9 Å². The fraction of sp³-hybridized carbons (Fsp3) is 0.538. The van der Waals surface area contributed by atoms with Crippen LogP contribution >= 0.6 is 15.9 Å². The van der Waals surface area contributed by atoms with E-state index >= 15 is 0 Å². The number of methoxy groups -OCH3 is 1. The van der Waals surface area contributed by atoms with Gasteiger partial charge in [0.05, 0.1) is 11.6 Å². The van der Waals surface area contributed by atoms with Crippen LogP contribution in [0.25, 0.3) is 0 Å². The number of piperidine rings is 1. The molecule has 0 bridgehead atoms. The Morgan fingerprint density at radius 2 is 2.29 bits per heavy atom. The van der Waals surface area contributed by atoms with E-state index in [2.05, 4.69) is 27.3 Å². The van der Waals surface area contributed by atoms with Gasteiger partial charge < -0.3 is 15.8 Å². The van der Waals surface area contributed by atoms with Gasteiger partial charge in [0.25, 0.3) is 0 Å². The Hall–Kier alpha value is -0.580. The van der Waals surface area contributed by atoms with Crippen LogP contribution in [0.3, 0.4) is 0 Å². The molecule has 3 N–H and O–H groups in total. The molecule has 2 atom stereocenters. The number of hydrogen-bond donors (Lipinski definition) is 2. The second kappa shape index (κ2) is 5.85. The Balaban J connectivity index is 2.12. The van der Waals surface area contributed by atoms with Gasteiger partial charge in [-0.2, -0.15) is 0 Å². The van der Waals surface area contributed by atoms with Gasteiger partial charge in [0.1, 0.15) is 5.75 Å². The molecule has 0 aliphatic carbocycles. The van der Waals surface area contributed by atoms with Crippen LogP contribution in [0.15, 0.2) is 22.7 Å². The van der Waals surface area contributed by atoms with Gasteiger partial charge in [0, 0.05) is 12.1 Å². The quantitative estimate of drug-likeness (QED) is 0.902. The molecule has 1 saturated heterocycles. The van der Waals surface area contributed by atoms with E-state index in [-0.39, 0.29) is 6.04 Å². The van der Waals surface area contributed by atoms with Gasteiger partial charge in [-0.05, 0) is 53.0 Å². The maximum absolute atomic E-state index is 6.31. The molecule has 0 radical (unpaired) electrons. The number of nitrogens with two attached hydrogens (primary N) is 1. The van der Waals surface area contributed by atoms with E-state index in [0.717, 1.165) is 28.8 Å². The van der Waals surface area contributed by atoms with Crippen molar-refractivity contribution in [3.8, 4) is 5.75 Å². The van der Waals surface area contributed by atoms with E-state index in [4.69, 9.17) is 10.5 Å². The van der Waals surface area contributed by atoms with Crippen molar-refractivity contribution in [2.45, 2.75) is 31.3 Å². The lowest BCUT2D eigenvalue weighted by atomic mass is 9.93. The van der Waals surface area contributed by atoms with Gasteiger partial charge in [-0.15, -0.1) is 0 Å². The standard InChI is InChI=1S/C13H19BrN2O/c1-17-12-6-5-9(8-10(12)14)13(15)11-4-2-3-7-16-11/h5-6,8,11,13,16H,2-4,7,15H2,1H3. The summed E-state index contributed by atoms with van der Waals surface area (Å²) >= 11 is 3.50. The van der Waals surface area contributed by atoms with Gasteiger partial charge >= 0.3 is 0 Å². The number of benzene rings is 1. The first kappa shape index (κ1) is 12.9. The summed E-state index contributed by atoms with van der Waals surface area (Å²) in [4.78, 5) is 0. The first-order chi connectivity index (χ1) is 8.22. The van der Waals surface area contributed by atoms with E-state index in [1.54, 1.807) is 7.11 Å². The number of ether oxygens (including phenoxy) is 1. The van der Waals surface area contributed by atoms with Crippen LogP contribution in [0.2, 0.25) is 0 Å². The second-order valence-electron chi connectivity index (χ2n) is 4.48. The van der Waals surface area contributed by atoms with Crippen LogP contribution in [0.4, 0.5) is 0 Å². The highest BCUT2D eigenvalue weighted by Crippen LogP contribution is 2.29. The number of halogens is 1. The molecule has 2 unspecified atom stereocenters. The van der Waals surface area contributed by atoms with Gasteiger partial charge in [0.15, 0.2) is 0 Å². The van der Waals surface area contributed by atoms with Gasteiger partial charge in [0.2, 0.25) is 0 Å². The van der Waals surface area contributed by atoms with Crippen LogP contribution < -0.4 is 15.8 Å².